The van der Waals surface area contributed by atoms with Crippen LogP contribution in [0, 0.1) is 0 Å². The van der Waals surface area contributed by atoms with Gasteiger partial charge in [0, 0.05) is 5.54 Å². The molecular weight excluding hydrogens is 176 g/mol. The maximum atomic E-state index is 11.5. The van der Waals surface area contributed by atoms with E-state index in [0.29, 0.717) is 0 Å². The van der Waals surface area contributed by atoms with Gasteiger partial charge in [0.15, 0.2) is 0 Å². The molecular formula is C11H24N2O. The largest absolute Gasteiger partial charge is 0.350 e. The van der Waals surface area contributed by atoms with Gasteiger partial charge >= 0.3 is 0 Å². The van der Waals surface area contributed by atoms with E-state index in [4.69, 9.17) is 5.73 Å². The summed E-state index contributed by atoms with van der Waals surface area (Å²) in [5.74, 6) is -0.0337. The van der Waals surface area contributed by atoms with Crippen molar-refractivity contribution in [2.45, 2.75) is 65.0 Å². The maximum absolute atomic E-state index is 11.5. The third-order valence-electron chi connectivity index (χ3n) is 1.95. The standard InChI is InChI=1S/C11H24N2O/c1-5-6-7-8-9(12)10(14)13-11(2,3)4/h9H,5-8,12H2,1-4H3,(H,13,14)/t9-/m0/s1. The summed E-state index contributed by atoms with van der Waals surface area (Å²) >= 11 is 0. The lowest BCUT2D eigenvalue weighted by atomic mass is 10.1. The number of carbonyl (C=O) groups is 1. The van der Waals surface area contributed by atoms with E-state index in [1.807, 2.05) is 20.8 Å². The van der Waals surface area contributed by atoms with Crippen LogP contribution in [0.3, 0.4) is 0 Å². The van der Waals surface area contributed by atoms with Crippen molar-refractivity contribution in [1.82, 2.24) is 5.32 Å². The van der Waals surface area contributed by atoms with Crippen LogP contribution in [0.15, 0.2) is 0 Å². The Morgan fingerprint density at radius 1 is 1.36 bits per heavy atom. The lowest BCUT2D eigenvalue weighted by Gasteiger charge is -2.23. The van der Waals surface area contributed by atoms with Gasteiger partial charge in [-0.2, -0.15) is 0 Å². The number of nitrogens with one attached hydrogen (secondary N) is 1. The molecule has 0 spiro atoms. The molecule has 0 unspecified atom stereocenters. The van der Waals surface area contributed by atoms with E-state index < -0.39 is 0 Å². The van der Waals surface area contributed by atoms with E-state index in [1.54, 1.807) is 0 Å². The molecule has 3 heteroatoms. The van der Waals surface area contributed by atoms with Crippen LogP contribution in [0.25, 0.3) is 0 Å². The highest BCUT2D eigenvalue weighted by atomic mass is 16.2. The summed E-state index contributed by atoms with van der Waals surface area (Å²) in [7, 11) is 0. The molecule has 0 heterocycles. The number of carbonyl (C=O) groups excluding carboxylic acids is 1. The zero-order valence-corrected chi connectivity index (χ0v) is 9.89. The van der Waals surface area contributed by atoms with Gasteiger partial charge in [0.1, 0.15) is 0 Å². The average molecular weight is 200 g/mol. The highest BCUT2D eigenvalue weighted by molar-refractivity contribution is 5.82. The van der Waals surface area contributed by atoms with Gasteiger partial charge in [-0.3, -0.25) is 4.79 Å². The molecule has 0 aromatic heterocycles. The fourth-order valence-corrected chi connectivity index (χ4v) is 1.21. The highest BCUT2D eigenvalue weighted by Gasteiger charge is 2.18. The fraction of sp³-hybridized carbons (Fsp3) is 0.909. The minimum absolute atomic E-state index is 0.0337. The third kappa shape index (κ3) is 6.89. The van der Waals surface area contributed by atoms with E-state index in [9.17, 15) is 4.79 Å². The molecule has 0 aliphatic carbocycles. The summed E-state index contributed by atoms with van der Waals surface area (Å²) in [5, 5.41) is 2.88. The molecule has 0 aromatic carbocycles. The summed E-state index contributed by atoms with van der Waals surface area (Å²) in [6.45, 7) is 8.03. The predicted octanol–water partition coefficient (Wildman–Crippen LogP) is 1.81. The van der Waals surface area contributed by atoms with Gasteiger partial charge < -0.3 is 11.1 Å². The van der Waals surface area contributed by atoms with E-state index in [0.717, 1.165) is 25.7 Å². The predicted molar refractivity (Wildman–Crippen MR) is 60.0 cm³/mol. The molecule has 0 saturated heterocycles. The minimum Gasteiger partial charge on any atom is -0.350 e. The van der Waals surface area contributed by atoms with Crippen molar-refractivity contribution in [3.63, 3.8) is 0 Å². The van der Waals surface area contributed by atoms with Crippen LogP contribution in [0.5, 0.6) is 0 Å². The molecule has 0 radical (unpaired) electrons. The molecule has 0 aliphatic heterocycles. The van der Waals surface area contributed by atoms with E-state index >= 15 is 0 Å². The first-order valence-corrected chi connectivity index (χ1v) is 5.44. The lowest BCUT2D eigenvalue weighted by molar-refractivity contribution is -0.123. The Morgan fingerprint density at radius 2 is 1.93 bits per heavy atom. The second-order valence-corrected chi connectivity index (χ2v) is 4.84. The smallest absolute Gasteiger partial charge is 0.237 e. The number of unbranched alkanes of at least 4 members (excludes halogenated alkanes) is 2. The highest BCUT2D eigenvalue weighted by Crippen LogP contribution is 2.04. The quantitative estimate of drug-likeness (QED) is 0.665. The van der Waals surface area contributed by atoms with Gasteiger partial charge in [-0.25, -0.2) is 0 Å². The van der Waals surface area contributed by atoms with Crippen LogP contribution in [0.4, 0.5) is 0 Å². The normalized spacial score (nSPS) is 13.8. The van der Waals surface area contributed by atoms with E-state index in [2.05, 4.69) is 12.2 Å². The van der Waals surface area contributed by atoms with Crippen molar-refractivity contribution in [2.24, 2.45) is 5.73 Å². The van der Waals surface area contributed by atoms with Crippen molar-refractivity contribution in [2.75, 3.05) is 0 Å². The van der Waals surface area contributed by atoms with Crippen LogP contribution in [0.2, 0.25) is 0 Å². The number of amides is 1. The Bertz CT molecular complexity index is 173. The minimum atomic E-state index is -0.347. The SMILES string of the molecule is CCCCC[C@H](N)C(=O)NC(C)(C)C. The third-order valence-corrected chi connectivity index (χ3v) is 1.95. The summed E-state index contributed by atoms with van der Waals surface area (Å²) in [4.78, 5) is 11.5. The molecule has 0 aliphatic rings. The Morgan fingerprint density at radius 3 is 2.36 bits per heavy atom. The van der Waals surface area contributed by atoms with Crippen molar-refractivity contribution in [3.8, 4) is 0 Å². The molecule has 3 nitrogen and oxygen atoms in total. The van der Waals surface area contributed by atoms with Gasteiger partial charge in [-0.05, 0) is 27.2 Å². The van der Waals surface area contributed by atoms with Crippen LogP contribution in [-0.2, 0) is 4.79 Å². The van der Waals surface area contributed by atoms with E-state index in [1.165, 1.54) is 0 Å². The summed E-state index contributed by atoms with van der Waals surface area (Å²) < 4.78 is 0. The maximum Gasteiger partial charge on any atom is 0.237 e. The van der Waals surface area contributed by atoms with Crippen molar-refractivity contribution < 1.29 is 4.79 Å². The zero-order chi connectivity index (χ0) is 11.2. The zero-order valence-electron chi connectivity index (χ0n) is 9.89. The van der Waals surface area contributed by atoms with Crippen LogP contribution in [-0.4, -0.2) is 17.5 Å². The topological polar surface area (TPSA) is 55.1 Å². The van der Waals surface area contributed by atoms with Gasteiger partial charge in [-0.15, -0.1) is 0 Å². The van der Waals surface area contributed by atoms with E-state index in [-0.39, 0.29) is 17.5 Å². The first-order chi connectivity index (χ1) is 6.37. The molecule has 0 aromatic rings. The Labute approximate surface area is 87.4 Å². The second-order valence-electron chi connectivity index (χ2n) is 4.84. The van der Waals surface area contributed by atoms with Gasteiger partial charge in [-0.1, -0.05) is 26.2 Å². The number of rotatable bonds is 5. The first kappa shape index (κ1) is 13.4. The molecule has 14 heavy (non-hydrogen) atoms. The first-order valence-electron chi connectivity index (χ1n) is 5.44. The van der Waals surface area contributed by atoms with Gasteiger partial charge in [0.25, 0.3) is 0 Å². The summed E-state index contributed by atoms with van der Waals surface area (Å²) in [6, 6.07) is -0.347. The molecule has 0 fully saturated rings. The van der Waals surface area contributed by atoms with Crippen molar-refractivity contribution in [3.05, 3.63) is 0 Å². The lowest BCUT2D eigenvalue weighted by Crippen LogP contribution is -2.48. The molecule has 0 rings (SSSR count). The number of nitrogens with two attached hydrogens (primary N) is 1. The number of hydrogen-bond donors (Lipinski definition) is 2. The van der Waals surface area contributed by atoms with Crippen molar-refractivity contribution >= 4 is 5.91 Å². The van der Waals surface area contributed by atoms with Gasteiger partial charge in [0.05, 0.1) is 6.04 Å². The molecule has 84 valence electrons. The Kier molecular flexibility index (Phi) is 5.77. The molecule has 1 atom stereocenters. The second kappa shape index (κ2) is 6.02. The van der Waals surface area contributed by atoms with Crippen LogP contribution < -0.4 is 11.1 Å². The van der Waals surface area contributed by atoms with Gasteiger partial charge in [0.2, 0.25) is 5.91 Å². The van der Waals surface area contributed by atoms with Crippen LogP contribution >= 0.6 is 0 Å². The Hall–Kier alpha value is -0.570. The summed E-state index contributed by atoms with van der Waals surface area (Å²) in [5.41, 5.74) is 5.57. The number of hydrogen-bond acceptors (Lipinski definition) is 2. The average Bonchev–Trinajstić information content (AvgIpc) is 2.01. The molecule has 0 bridgehead atoms. The Balaban J connectivity index is 3.77. The molecule has 3 N–H and O–H groups in total. The summed E-state index contributed by atoms with van der Waals surface area (Å²) in [6.07, 6.45) is 4.13. The van der Waals surface area contributed by atoms with Crippen molar-refractivity contribution in [1.29, 1.82) is 0 Å². The molecule has 1 amide bonds. The fourth-order valence-electron chi connectivity index (χ4n) is 1.21. The van der Waals surface area contributed by atoms with Crippen LogP contribution in [0.1, 0.15) is 53.4 Å². The monoisotopic (exact) mass is 200 g/mol. The molecule has 0 saturated carbocycles.